The van der Waals surface area contributed by atoms with Crippen LogP contribution in [0, 0.1) is 0 Å². The Morgan fingerprint density at radius 2 is 2.29 bits per heavy atom. The van der Waals surface area contributed by atoms with Crippen LogP contribution < -0.4 is 5.32 Å². The number of carbonyl (C=O) groups excluding carboxylic acids is 1. The third kappa shape index (κ3) is 5.74. The molecule has 96 valence electrons. The van der Waals surface area contributed by atoms with Gasteiger partial charge >= 0.3 is 0 Å². The normalized spacial score (nSPS) is 12.7. The molecule has 1 aromatic heterocycles. The number of aryl methyl sites for hydroxylation is 1. The maximum absolute atomic E-state index is 11.9. The third-order valence-corrected chi connectivity index (χ3v) is 3.14. The second kappa shape index (κ2) is 7.34. The lowest BCUT2D eigenvalue weighted by Crippen LogP contribution is -2.35. The first-order chi connectivity index (χ1) is 8.09. The highest BCUT2D eigenvalue weighted by Crippen LogP contribution is 2.11. The van der Waals surface area contributed by atoms with Crippen molar-refractivity contribution in [2.75, 3.05) is 6.54 Å². The van der Waals surface area contributed by atoms with E-state index in [9.17, 15) is 13.6 Å². The van der Waals surface area contributed by atoms with Crippen molar-refractivity contribution in [3.8, 4) is 0 Å². The predicted molar refractivity (Wildman–Crippen MR) is 62.3 cm³/mol. The van der Waals surface area contributed by atoms with Crippen molar-refractivity contribution in [1.82, 2.24) is 5.32 Å². The van der Waals surface area contributed by atoms with Gasteiger partial charge in [0.1, 0.15) is 6.10 Å². The second-order valence-electron chi connectivity index (χ2n) is 3.64. The molecule has 6 heteroatoms. The first-order valence-corrected chi connectivity index (χ1v) is 6.23. The molecule has 17 heavy (non-hydrogen) atoms. The Kier molecular flexibility index (Phi) is 6.07. The maximum Gasteiger partial charge on any atom is 0.265 e. The van der Waals surface area contributed by atoms with Crippen molar-refractivity contribution in [2.24, 2.45) is 0 Å². The Morgan fingerprint density at radius 3 is 2.88 bits per heavy atom. The van der Waals surface area contributed by atoms with Crippen LogP contribution in [0.25, 0.3) is 0 Å². The second-order valence-corrected chi connectivity index (χ2v) is 4.67. The molecule has 1 heterocycles. The van der Waals surface area contributed by atoms with Gasteiger partial charge in [0.2, 0.25) is 5.91 Å². The quantitative estimate of drug-likeness (QED) is 0.788. The van der Waals surface area contributed by atoms with E-state index in [1.807, 2.05) is 17.5 Å². The smallest absolute Gasteiger partial charge is 0.265 e. The Balaban J connectivity index is 2.09. The minimum absolute atomic E-state index is 0.286. The molecule has 1 amide bonds. The van der Waals surface area contributed by atoms with E-state index in [1.54, 1.807) is 11.3 Å². The minimum atomic E-state index is -2.82. The predicted octanol–water partition coefficient (Wildman–Crippen LogP) is 1.81. The molecule has 0 fully saturated rings. The van der Waals surface area contributed by atoms with Gasteiger partial charge in [-0.2, -0.15) is 0 Å². The number of halogens is 2. The molecule has 0 aliphatic rings. The van der Waals surface area contributed by atoms with E-state index in [2.05, 4.69) is 5.32 Å². The van der Waals surface area contributed by atoms with Crippen molar-refractivity contribution < 1.29 is 18.7 Å². The number of hydrogen-bond acceptors (Lipinski definition) is 3. The highest BCUT2D eigenvalue weighted by Gasteiger charge is 2.17. The summed E-state index contributed by atoms with van der Waals surface area (Å²) in [5, 5.41) is 13.0. The zero-order valence-electron chi connectivity index (χ0n) is 9.23. The monoisotopic (exact) mass is 263 g/mol. The molecule has 2 N–H and O–H groups in total. The summed E-state index contributed by atoms with van der Waals surface area (Å²) in [6.07, 6.45) is -2.83. The fraction of sp³-hybridized carbons (Fsp3) is 0.545. The topological polar surface area (TPSA) is 49.3 Å². The maximum atomic E-state index is 11.9. The molecule has 0 spiro atoms. The number of rotatable bonds is 7. The van der Waals surface area contributed by atoms with E-state index >= 15 is 0 Å². The molecular weight excluding hydrogens is 248 g/mol. The number of amides is 1. The summed E-state index contributed by atoms with van der Waals surface area (Å²) in [6.45, 7) is -0.393. The van der Waals surface area contributed by atoms with Gasteiger partial charge in [0.25, 0.3) is 6.43 Å². The van der Waals surface area contributed by atoms with E-state index in [0.717, 1.165) is 6.42 Å². The SMILES string of the molecule is O=C(CCCc1cccs1)NCC(O)C(F)F. The summed E-state index contributed by atoms with van der Waals surface area (Å²) in [5.74, 6) is -0.304. The van der Waals surface area contributed by atoms with Crippen LogP contribution in [0.2, 0.25) is 0 Å². The molecule has 1 atom stereocenters. The van der Waals surface area contributed by atoms with E-state index < -0.39 is 19.1 Å². The number of carbonyl (C=O) groups is 1. The molecule has 0 aliphatic heterocycles. The number of nitrogens with one attached hydrogen (secondary N) is 1. The van der Waals surface area contributed by atoms with Gasteiger partial charge in [-0.05, 0) is 24.3 Å². The van der Waals surface area contributed by atoms with Gasteiger partial charge in [0.15, 0.2) is 0 Å². The summed E-state index contributed by atoms with van der Waals surface area (Å²) in [5.41, 5.74) is 0. The molecule has 0 saturated heterocycles. The van der Waals surface area contributed by atoms with E-state index in [-0.39, 0.29) is 12.3 Å². The van der Waals surface area contributed by atoms with Gasteiger partial charge in [-0.15, -0.1) is 11.3 Å². The molecule has 0 aromatic carbocycles. The van der Waals surface area contributed by atoms with Crippen molar-refractivity contribution >= 4 is 17.2 Å². The summed E-state index contributed by atoms with van der Waals surface area (Å²) >= 11 is 1.63. The van der Waals surface area contributed by atoms with Gasteiger partial charge in [0.05, 0.1) is 0 Å². The number of aliphatic hydroxyl groups is 1. The van der Waals surface area contributed by atoms with Gasteiger partial charge in [-0.3, -0.25) is 4.79 Å². The van der Waals surface area contributed by atoms with Crippen LogP contribution in [0.3, 0.4) is 0 Å². The largest absolute Gasteiger partial charge is 0.385 e. The lowest BCUT2D eigenvalue weighted by molar-refractivity contribution is -0.122. The molecule has 0 bridgehead atoms. The van der Waals surface area contributed by atoms with Crippen molar-refractivity contribution in [3.63, 3.8) is 0 Å². The average molecular weight is 263 g/mol. The van der Waals surface area contributed by atoms with Crippen LogP contribution in [0.15, 0.2) is 17.5 Å². The first kappa shape index (κ1) is 14.1. The van der Waals surface area contributed by atoms with Crippen LogP contribution in [0.1, 0.15) is 17.7 Å². The Bertz CT molecular complexity index is 330. The number of thiophene rings is 1. The van der Waals surface area contributed by atoms with E-state index in [4.69, 9.17) is 5.11 Å². The molecule has 1 unspecified atom stereocenters. The Hall–Kier alpha value is -1.01. The Morgan fingerprint density at radius 1 is 1.53 bits per heavy atom. The van der Waals surface area contributed by atoms with Crippen LogP contribution >= 0.6 is 11.3 Å². The van der Waals surface area contributed by atoms with Gasteiger partial charge in [0, 0.05) is 17.8 Å². The summed E-state index contributed by atoms with van der Waals surface area (Å²) in [7, 11) is 0. The molecular formula is C11H15F2NO2S. The lowest BCUT2D eigenvalue weighted by atomic mass is 10.2. The third-order valence-electron chi connectivity index (χ3n) is 2.21. The van der Waals surface area contributed by atoms with Gasteiger partial charge < -0.3 is 10.4 Å². The van der Waals surface area contributed by atoms with Crippen molar-refractivity contribution in [2.45, 2.75) is 31.8 Å². The fourth-order valence-corrected chi connectivity index (χ4v) is 2.03. The first-order valence-electron chi connectivity index (χ1n) is 5.35. The Labute approximate surface area is 102 Å². The summed E-state index contributed by atoms with van der Waals surface area (Å²) in [4.78, 5) is 12.4. The number of hydrogen-bond donors (Lipinski definition) is 2. The molecule has 1 rings (SSSR count). The molecule has 0 radical (unpaired) electrons. The van der Waals surface area contributed by atoms with E-state index in [0.29, 0.717) is 6.42 Å². The number of aliphatic hydroxyl groups excluding tert-OH is 1. The number of alkyl halides is 2. The molecule has 0 saturated carbocycles. The zero-order chi connectivity index (χ0) is 12.7. The van der Waals surface area contributed by atoms with Gasteiger partial charge in [-0.25, -0.2) is 8.78 Å². The summed E-state index contributed by atoms with van der Waals surface area (Å²) in [6, 6.07) is 3.93. The van der Waals surface area contributed by atoms with E-state index in [1.165, 1.54) is 4.88 Å². The van der Waals surface area contributed by atoms with Crippen molar-refractivity contribution in [3.05, 3.63) is 22.4 Å². The summed E-state index contributed by atoms with van der Waals surface area (Å²) < 4.78 is 23.8. The van der Waals surface area contributed by atoms with Gasteiger partial charge in [-0.1, -0.05) is 6.07 Å². The molecule has 1 aromatic rings. The fourth-order valence-electron chi connectivity index (χ4n) is 1.27. The van der Waals surface area contributed by atoms with Crippen molar-refractivity contribution in [1.29, 1.82) is 0 Å². The van der Waals surface area contributed by atoms with Crippen LogP contribution in [0.4, 0.5) is 8.78 Å². The lowest BCUT2D eigenvalue weighted by Gasteiger charge is -2.10. The van der Waals surface area contributed by atoms with Crippen LogP contribution in [0.5, 0.6) is 0 Å². The van der Waals surface area contributed by atoms with Crippen LogP contribution in [-0.4, -0.2) is 30.1 Å². The minimum Gasteiger partial charge on any atom is -0.385 e. The molecule has 3 nitrogen and oxygen atoms in total. The zero-order valence-corrected chi connectivity index (χ0v) is 10.1. The molecule has 0 aliphatic carbocycles. The van der Waals surface area contributed by atoms with Crippen LogP contribution in [-0.2, 0) is 11.2 Å². The highest BCUT2D eigenvalue weighted by molar-refractivity contribution is 7.09. The standard InChI is InChI=1S/C11H15F2NO2S/c12-11(13)9(15)7-14-10(16)5-1-3-8-4-2-6-17-8/h2,4,6,9,11,15H,1,3,5,7H2,(H,14,16). The average Bonchev–Trinajstić information content (AvgIpc) is 2.78. The highest BCUT2D eigenvalue weighted by atomic mass is 32.1.